The van der Waals surface area contributed by atoms with Gasteiger partial charge in [-0.1, -0.05) is 17.7 Å². The van der Waals surface area contributed by atoms with Crippen molar-refractivity contribution in [2.75, 3.05) is 19.0 Å². The molecule has 2 rings (SSSR count). The Morgan fingerprint density at radius 1 is 1.33 bits per heavy atom. The van der Waals surface area contributed by atoms with Crippen LogP contribution in [0, 0.1) is 5.82 Å². The van der Waals surface area contributed by atoms with Gasteiger partial charge in [0, 0.05) is 11.1 Å². The van der Waals surface area contributed by atoms with E-state index in [0.717, 1.165) is 15.8 Å². The highest BCUT2D eigenvalue weighted by atomic mass is 79.9. The zero-order valence-electron chi connectivity index (χ0n) is 13.2. The Morgan fingerprint density at radius 2 is 2.08 bits per heavy atom. The van der Waals surface area contributed by atoms with E-state index in [0.29, 0.717) is 5.02 Å². The van der Waals surface area contributed by atoms with E-state index in [9.17, 15) is 9.18 Å². The van der Waals surface area contributed by atoms with E-state index in [2.05, 4.69) is 26.6 Å². The van der Waals surface area contributed by atoms with Crippen molar-refractivity contribution < 1.29 is 13.9 Å². The Hall–Kier alpha value is -1.63. The number of halogens is 3. The first-order valence-corrected chi connectivity index (χ1v) is 8.39. The van der Waals surface area contributed by atoms with E-state index < -0.39 is 5.82 Å². The number of rotatable bonds is 6. The molecular weight excluding hydrogens is 399 g/mol. The Morgan fingerprint density at radius 3 is 2.75 bits per heavy atom. The standard InChI is InChI=1S/C17H17BrClFN2O2/c1-10(11-3-6-16(24-2)13(18)7-11)21-9-17(23)22-15-8-12(19)4-5-14(15)20/h3-8,10,21H,9H2,1-2H3,(H,22,23)/t10-/m1/s1. The molecule has 0 unspecified atom stereocenters. The zero-order chi connectivity index (χ0) is 17.7. The molecule has 24 heavy (non-hydrogen) atoms. The summed E-state index contributed by atoms with van der Waals surface area (Å²) in [5, 5.41) is 5.94. The van der Waals surface area contributed by atoms with Crippen molar-refractivity contribution in [2.24, 2.45) is 0 Å². The molecule has 0 radical (unpaired) electrons. The van der Waals surface area contributed by atoms with Gasteiger partial charge in [0.2, 0.25) is 5.91 Å². The molecule has 2 aromatic rings. The fourth-order valence-electron chi connectivity index (χ4n) is 2.10. The number of amides is 1. The molecule has 0 heterocycles. The lowest BCUT2D eigenvalue weighted by atomic mass is 10.1. The largest absolute Gasteiger partial charge is 0.496 e. The van der Waals surface area contributed by atoms with Gasteiger partial charge in [-0.05, 0) is 58.7 Å². The number of benzene rings is 2. The summed E-state index contributed by atoms with van der Waals surface area (Å²) < 4.78 is 19.6. The first-order chi connectivity index (χ1) is 11.4. The molecule has 1 atom stereocenters. The molecule has 0 aliphatic rings. The van der Waals surface area contributed by atoms with Crippen LogP contribution in [-0.4, -0.2) is 19.6 Å². The van der Waals surface area contributed by atoms with Crippen LogP contribution in [0.15, 0.2) is 40.9 Å². The molecule has 0 spiro atoms. The van der Waals surface area contributed by atoms with E-state index in [1.165, 1.54) is 18.2 Å². The summed E-state index contributed by atoms with van der Waals surface area (Å²) in [5.74, 6) is -0.143. The molecule has 2 aromatic carbocycles. The minimum atomic E-state index is -0.528. The minimum Gasteiger partial charge on any atom is -0.496 e. The van der Waals surface area contributed by atoms with Crippen LogP contribution < -0.4 is 15.4 Å². The first kappa shape index (κ1) is 18.7. The maximum absolute atomic E-state index is 13.6. The second-order valence-corrected chi connectivity index (χ2v) is 6.46. The lowest BCUT2D eigenvalue weighted by Gasteiger charge is -2.15. The first-order valence-electron chi connectivity index (χ1n) is 7.22. The van der Waals surface area contributed by atoms with Gasteiger partial charge in [0.1, 0.15) is 11.6 Å². The highest BCUT2D eigenvalue weighted by Gasteiger charge is 2.12. The Balaban J connectivity index is 1.93. The van der Waals surface area contributed by atoms with Crippen molar-refractivity contribution in [1.82, 2.24) is 5.32 Å². The third-order valence-corrected chi connectivity index (χ3v) is 4.30. The minimum absolute atomic E-state index is 0.0385. The van der Waals surface area contributed by atoms with E-state index in [4.69, 9.17) is 16.3 Å². The van der Waals surface area contributed by atoms with Crippen molar-refractivity contribution in [3.63, 3.8) is 0 Å². The topological polar surface area (TPSA) is 50.4 Å². The third-order valence-electron chi connectivity index (χ3n) is 3.45. The van der Waals surface area contributed by atoms with Gasteiger partial charge in [-0.25, -0.2) is 4.39 Å². The van der Waals surface area contributed by atoms with Crippen LogP contribution in [0.5, 0.6) is 5.75 Å². The average Bonchev–Trinajstić information content (AvgIpc) is 2.56. The summed E-state index contributed by atoms with van der Waals surface area (Å²) in [5.41, 5.74) is 1.05. The summed E-state index contributed by atoms with van der Waals surface area (Å²) >= 11 is 9.23. The number of nitrogens with one attached hydrogen (secondary N) is 2. The Kier molecular flexibility index (Phi) is 6.60. The number of carbonyl (C=O) groups is 1. The number of hydrogen-bond acceptors (Lipinski definition) is 3. The van der Waals surface area contributed by atoms with E-state index in [-0.39, 0.29) is 24.2 Å². The molecule has 0 saturated carbocycles. The molecule has 0 bridgehead atoms. The van der Waals surface area contributed by atoms with Gasteiger partial charge in [-0.3, -0.25) is 4.79 Å². The van der Waals surface area contributed by atoms with Crippen molar-refractivity contribution in [1.29, 1.82) is 0 Å². The van der Waals surface area contributed by atoms with Crippen LogP contribution in [0.1, 0.15) is 18.5 Å². The summed E-state index contributed by atoms with van der Waals surface area (Å²) in [6.07, 6.45) is 0. The van der Waals surface area contributed by atoms with Crippen LogP contribution in [-0.2, 0) is 4.79 Å². The van der Waals surface area contributed by atoms with Gasteiger partial charge < -0.3 is 15.4 Å². The molecule has 1 amide bonds. The highest BCUT2D eigenvalue weighted by Crippen LogP contribution is 2.28. The number of carbonyl (C=O) groups excluding carboxylic acids is 1. The van der Waals surface area contributed by atoms with Crippen molar-refractivity contribution in [3.05, 3.63) is 57.3 Å². The SMILES string of the molecule is COc1ccc([C@@H](C)NCC(=O)Nc2cc(Cl)ccc2F)cc1Br. The average molecular weight is 416 g/mol. The number of methoxy groups -OCH3 is 1. The summed E-state index contributed by atoms with van der Waals surface area (Å²) in [6.45, 7) is 1.97. The van der Waals surface area contributed by atoms with Crippen LogP contribution in [0.4, 0.5) is 10.1 Å². The molecular formula is C17H17BrClFN2O2. The lowest BCUT2D eigenvalue weighted by molar-refractivity contribution is -0.115. The molecule has 0 aliphatic carbocycles. The number of hydrogen-bond donors (Lipinski definition) is 2. The van der Waals surface area contributed by atoms with Crippen LogP contribution in [0.3, 0.4) is 0 Å². The molecule has 0 aromatic heterocycles. The van der Waals surface area contributed by atoms with Gasteiger partial charge in [0.15, 0.2) is 0 Å². The van der Waals surface area contributed by atoms with Gasteiger partial charge in [-0.15, -0.1) is 0 Å². The van der Waals surface area contributed by atoms with Gasteiger partial charge in [0.05, 0.1) is 23.8 Å². The van der Waals surface area contributed by atoms with Crippen molar-refractivity contribution in [3.8, 4) is 5.75 Å². The second kappa shape index (κ2) is 8.46. The molecule has 0 aliphatic heterocycles. The van der Waals surface area contributed by atoms with E-state index in [1.54, 1.807) is 7.11 Å². The van der Waals surface area contributed by atoms with Crippen LogP contribution >= 0.6 is 27.5 Å². The predicted molar refractivity (Wildman–Crippen MR) is 97.2 cm³/mol. The molecule has 4 nitrogen and oxygen atoms in total. The molecule has 7 heteroatoms. The normalized spacial score (nSPS) is 11.9. The summed E-state index contributed by atoms with van der Waals surface area (Å²) in [4.78, 5) is 12.0. The fourth-order valence-corrected chi connectivity index (χ4v) is 2.83. The Labute approximate surface area is 153 Å². The number of ether oxygens (including phenoxy) is 1. The van der Waals surface area contributed by atoms with Crippen LogP contribution in [0.2, 0.25) is 5.02 Å². The van der Waals surface area contributed by atoms with Gasteiger partial charge >= 0.3 is 0 Å². The maximum Gasteiger partial charge on any atom is 0.238 e. The van der Waals surface area contributed by atoms with Crippen LogP contribution in [0.25, 0.3) is 0 Å². The maximum atomic E-state index is 13.6. The quantitative estimate of drug-likeness (QED) is 0.728. The monoisotopic (exact) mass is 414 g/mol. The second-order valence-electron chi connectivity index (χ2n) is 5.17. The smallest absolute Gasteiger partial charge is 0.238 e. The van der Waals surface area contributed by atoms with E-state index in [1.807, 2.05) is 25.1 Å². The summed E-state index contributed by atoms with van der Waals surface area (Å²) in [7, 11) is 1.60. The summed E-state index contributed by atoms with van der Waals surface area (Å²) in [6, 6.07) is 9.62. The highest BCUT2D eigenvalue weighted by molar-refractivity contribution is 9.10. The van der Waals surface area contributed by atoms with Crippen molar-refractivity contribution >= 4 is 39.1 Å². The van der Waals surface area contributed by atoms with Crippen molar-refractivity contribution in [2.45, 2.75) is 13.0 Å². The van der Waals surface area contributed by atoms with E-state index >= 15 is 0 Å². The molecule has 128 valence electrons. The molecule has 0 saturated heterocycles. The lowest BCUT2D eigenvalue weighted by Crippen LogP contribution is -2.30. The van der Waals surface area contributed by atoms with Gasteiger partial charge in [0.25, 0.3) is 0 Å². The van der Waals surface area contributed by atoms with Gasteiger partial charge in [-0.2, -0.15) is 0 Å². The molecule has 0 fully saturated rings. The third kappa shape index (κ3) is 4.93. The molecule has 2 N–H and O–H groups in total. The zero-order valence-corrected chi connectivity index (χ0v) is 15.5. The predicted octanol–water partition coefficient (Wildman–Crippen LogP) is 4.54. The Bertz CT molecular complexity index is 743. The number of anilines is 1. The fraction of sp³-hybridized carbons (Fsp3) is 0.235.